The van der Waals surface area contributed by atoms with Crippen LogP contribution in [0.25, 0.3) is 0 Å². The summed E-state index contributed by atoms with van der Waals surface area (Å²) < 4.78 is 5.25. The van der Waals surface area contributed by atoms with Crippen LogP contribution in [0.1, 0.15) is 45.4 Å². The molecule has 1 saturated carbocycles. The molecule has 0 aromatic heterocycles. The lowest BCUT2D eigenvalue weighted by molar-refractivity contribution is -0.152. The summed E-state index contributed by atoms with van der Waals surface area (Å²) in [4.78, 5) is 25.7. The first-order chi connectivity index (χ1) is 8.72. The third-order valence-corrected chi connectivity index (χ3v) is 3.74. The predicted molar refractivity (Wildman–Crippen MR) is 67.9 cm³/mol. The number of hydrogen-bond donors (Lipinski definition) is 0. The molecule has 0 N–H and O–H groups in total. The van der Waals surface area contributed by atoms with Crippen molar-refractivity contribution in [2.75, 3.05) is 19.7 Å². The monoisotopic (exact) mass is 253 g/mol. The number of nitrogens with zero attached hydrogens (tertiary/aromatic N) is 1. The fourth-order valence-electron chi connectivity index (χ4n) is 2.39. The van der Waals surface area contributed by atoms with E-state index in [9.17, 15) is 9.59 Å². The molecule has 102 valence electrons. The molecule has 1 amide bonds. The SMILES string of the molecule is CCCCOC(=O)C1CCCN(C(=O)C2CC2)C1. The van der Waals surface area contributed by atoms with E-state index < -0.39 is 0 Å². The number of carbonyl (C=O) groups excluding carboxylic acids is 2. The van der Waals surface area contributed by atoms with Gasteiger partial charge in [0.05, 0.1) is 12.5 Å². The van der Waals surface area contributed by atoms with Gasteiger partial charge in [0.25, 0.3) is 0 Å². The molecule has 1 aliphatic carbocycles. The lowest BCUT2D eigenvalue weighted by Gasteiger charge is -2.31. The minimum atomic E-state index is -0.114. The molecule has 18 heavy (non-hydrogen) atoms. The van der Waals surface area contributed by atoms with E-state index in [0.29, 0.717) is 13.2 Å². The zero-order valence-electron chi connectivity index (χ0n) is 11.2. The first-order valence-electron chi connectivity index (χ1n) is 7.17. The molecule has 2 fully saturated rings. The Morgan fingerprint density at radius 1 is 1.22 bits per heavy atom. The van der Waals surface area contributed by atoms with Crippen LogP contribution in [0.15, 0.2) is 0 Å². The van der Waals surface area contributed by atoms with Gasteiger partial charge in [0, 0.05) is 19.0 Å². The maximum absolute atomic E-state index is 12.0. The normalized spacial score (nSPS) is 23.8. The van der Waals surface area contributed by atoms with Crippen molar-refractivity contribution >= 4 is 11.9 Å². The van der Waals surface area contributed by atoms with Crippen molar-refractivity contribution < 1.29 is 14.3 Å². The summed E-state index contributed by atoms with van der Waals surface area (Å²) in [5.74, 6) is 0.288. The van der Waals surface area contributed by atoms with Crippen LogP contribution in [0.4, 0.5) is 0 Å². The van der Waals surface area contributed by atoms with E-state index in [1.54, 1.807) is 0 Å². The predicted octanol–water partition coefficient (Wildman–Crippen LogP) is 1.98. The Bertz CT molecular complexity index is 312. The molecule has 0 aromatic rings. The summed E-state index contributed by atoms with van der Waals surface area (Å²) in [7, 11) is 0. The molecule has 2 rings (SSSR count). The van der Waals surface area contributed by atoms with Crippen molar-refractivity contribution in [1.29, 1.82) is 0 Å². The molecule has 1 atom stereocenters. The second-order valence-electron chi connectivity index (χ2n) is 5.42. The quantitative estimate of drug-likeness (QED) is 0.556. The van der Waals surface area contributed by atoms with Gasteiger partial charge in [-0.05, 0) is 32.1 Å². The van der Waals surface area contributed by atoms with Gasteiger partial charge in [-0.15, -0.1) is 0 Å². The average Bonchev–Trinajstić information content (AvgIpc) is 3.22. The summed E-state index contributed by atoms with van der Waals surface area (Å²) >= 11 is 0. The molecule has 0 spiro atoms. The second-order valence-corrected chi connectivity index (χ2v) is 5.42. The van der Waals surface area contributed by atoms with Gasteiger partial charge in [0.1, 0.15) is 0 Å². The Labute approximate surface area is 109 Å². The molecule has 2 aliphatic rings. The first kappa shape index (κ1) is 13.4. The molecule has 1 saturated heterocycles. The van der Waals surface area contributed by atoms with Crippen molar-refractivity contribution in [3.05, 3.63) is 0 Å². The third-order valence-electron chi connectivity index (χ3n) is 3.74. The Hall–Kier alpha value is -1.06. The van der Waals surface area contributed by atoms with Gasteiger partial charge in [-0.1, -0.05) is 13.3 Å². The molecule has 4 nitrogen and oxygen atoms in total. The third kappa shape index (κ3) is 3.47. The molecule has 1 aliphatic heterocycles. The van der Waals surface area contributed by atoms with Crippen molar-refractivity contribution in [2.24, 2.45) is 11.8 Å². The lowest BCUT2D eigenvalue weighted by atomic mass is 9.98. The number of carbonyl (C=O) groups is 2. The van der Waals surface area contributed by atoms with E-state index >= 15 is 0 Å². The van der Waals surface area contributed by atoms with Crippen LogP contribution in [0, 0.1) is 11.8 Å². The summed E-state index contributed by atoms with van der Waals surface area (Å²) in [6, 6.07) is 0. The van der Waals surface area contributed by atoms with Crippen LogP contribution in [-0.4, -0.2) is 36.5 Å². The van der Waals surface area contributed by atoms with Gasteiger partial charge >= 0.3 is 5.97 Å². The number of rotatable bonds is 5. The second kappa shape index (κ2) is 6.21. The number of amides is 1. The van der Waals surface area contributed by atoms with Crippen LogP contribution >= 0.6 is 0 Å². The van der Waals surface area contributed by atoms with Gasteiger partial charge in [-0.2, -0.15) is 0 Å². The van der Waals surface area contributed by atoms with Gasteiger partial charge in [-0.3, -0.25) is 9.59 Å². The fraction of sp³-hybridized carbons (Fsp3) is 0.857. The number of likely N-dealkylation sites (tertiary alicyclic amines) is 1. The average molecular weight is 253 g/mol. The summed E-state index contributed by atoms with van der Waals surface area (Å²) in [5.41, 5.74) is 0. The van der Waals surface area contributed by atoms with Crippen molar-refractivity contribution in [2.45, 2.75) is 45.4 Å². The van der Waals surface area contributed by atoms with E-state index in [0.717, 1.165) is 45.1 Å². The highest BCUT2D eigenvalue weighted by Crippen LogP contribution is 2.32. The van der Waals surface area contributed by atoms with Crippen LogP contribution in [-0.2, 0) is 14.3 Å². The van der Waals surface area contributed by atoms with Crippen LogP contribution in [0.2, 0.25) is 0 Å². The smallest absolute Gasteiger partial charge is 0.310 e. The minimum absolute atomic E-state index is 0.0988. The molecule has 4 heteroatoms. The van der Waals surface area contributed by atoms with Crippen molar-refractivity contribution in [1.82, 2.24) is 4.90 Å². The standard InChI is InChI=1S/C14H23NO3/c1-2-3-9-18-14(17)12-5-4-8-15(10-12)13(16)11-6-7-11/h11-12H,2-10H2,1H3. The zero-order chi connectivity index (χ0) is 13.0. The molecule has 1 unspecified atom stereocenters. The Morgan fingerprint density at radius 3 is 2.67 bits per heavy atom. The maximum Gasteiger partial charge on any atom is 0.310 e. The maximum atomic E-state index is 12.0. The van der Waals surface area contributed by atoms with E-state index in [2.05, 4.69) is 6.92 Å². The fourth-order valence-corrected chi connectivity index (χ4v) is 2.39. The van der Waals surface area contributed by atoms with Crippen molar-refractivity contribution in [3.63, 3.8) is 0 Å². The Balaban J connectivity index is 1.78. The number of hydrogen-bond acceptors (Lipinski definition) is 3. The van der Waals surface area contributed by atoms with E-state index in [4.69, 9.17) is 4.74 Å². The highest BCUT2D eigenvalue weighted by Gasteiger charge is 2.37. The van der Waals surface area contributed by atoms with Crippen LogP contribution in [0.3, 0.4) is 0 Å². The van der Waals surface area contributed by atoms with Gasteiger partial charge in [0.2, 0.25) is 5.91 Å². The molecule has 0 radical (unpaired) electrons. The van der Waals surface area contributed by atoms with Gasteiger partial charge in [0.15, 0.2) is 0 Å². The highest BCUT2D eigenvalue weighted by molar-refractivity contribution is 5.82. The molecular weight excluding hydrogens is 230 g/mol. The number of piperidine rings is 1. The molecule has 0 aromatic carbocycles. The van der Waals surface area contributed by atoms with Gasteiger partial charge < -0.3 is 9.64 Å². The van der Waals surface area contributed by atoms with Gasteiger partial charge in [-0.25, -0.2) is 0 Å². The van der Waals surface area contributed by atoms with E-state index in [-0.39, 0.29) is 23.7 Å². The largest absolute Gasteiger partial charge is 0.465 e. The molecular formula is C14H23NO3. The summed E-state index contributed by atoms with van der Waals surface area (Å²) in [5, 5.41) is 0. The number of ether oxygens (including phenoxy) is 1. The van der Waals surface area contributed by atoms with Crippen molar-refractivity contribution in [3.8, 4) is 0 Å². The van der Waals surface area contributed by atoms with E-state index in [1.165, 1.54) is 0 Å². The topological polar surface area (TPSA) is 46.6 Å². The minimum Gasteiger partial charge on any atom is -0.465 e. The molecule has 0 bridgehead atoms. The Kier molecular flexibility index (Phi) is 4.61. The number of unbranched alkanes of at least 4 members (excludes halogenated alkanes) is 1. The summed E-state index contributed by atoms with van der Waals surface area (Å²) in [6.07, 6.45) is 5.79. The van der Waals surface area contributed by atoms with E-state index in [1.807, 2.05) is 4.90 Å². The highest BCUT2D eigenvalue weighted by atomic mass is 16.5. The molecule has 1 heterocycles. The first-order valence-corrected chi connectivity index (χ1v) is 7.17. The Morgan fingerprint density at radius 2 is 2.00 bits per heavy atom. The zero-order valence-corrected chi connectivity index (χ0v) is 11.2. The number of esters is 1. The lowest BCUT2D eigenvalue weighted by Crippen LogP contribution is -2.43. The van der Waals surface area contributed by atoms with Crippen LogP contribution < -0.4 is 0 Å². The summed E-state index contributed by atoms with van der Waals surface area (Å²) in [6.45, 7) is 3.97. The van der Waals surface area contributed by atoms with Crippen LogP contribution in [0.5, 0.6) is 0 Å².